The Hall–Kier alpha value is -2.07. The number of benzene rings is 1. The summed E-state index contributed by atoms with van der Waals surface area (Å²) in [6, 6.07) is 12.1. The van der Waals surface area contributed by atoms with Gasteiger partial charge in [0.2, 0.25) is 0 Å². The third-order valence-corrected chi connectivity index (χ3v) is 3.72. The topological polar surface area (TPSA) is 25.8 Å². The average molecular weight is 463 g/mol. The zero-order chi connectivity index (χ0) is 21.4. The zero-order valence-corrected chi connectivity index (χ0v) is 14.2. The van der Waals surface area contributed by atoms with Crippen LogP contribution in [0.15, 0.2) is 48.8 Å². The molecule has 28 heavy (non-hydrogen) atoms. The van der Waals surface area contributed by atoms with E-state index in [4.69, 9.17) is 0 Å². The van der Waals surface area contributed by atoms with Crippen LogP contribution in [0.2, 0.25) is 0 Å². The Balaban J connectivity index is 0.000000200. The van der Waals surface area contributed by atoms with Gasteiger partial charge in [-0.25, -0.2) is 0 Å². The molecule has 3 rings (SSSR count). The molecule has 12 heteroatoms. The van der Waals surface area contributed by atoms with E-state index < -0.39 is 22.8 Å². The molecule has 3 aromatic rings. The number of alkyl halides is 9. The van der Waals surface area contributed by atoms with E-state index >= 15 is 0 Å². The Morgan fingerprint density at radius 3 is 1.29 bits per heavy atom. The van der Waals surface area contributed by atoms with Crippen molar-refractivity contribution in [1.29, 1.82) is 0 Å². The molecule has 0 saturated carbocycles. The minimum atomic E-state index is -6.88. The van der Waals surface area contributed by atoms with Gasteiger partial charge in [-0.2, -0.15) is 0 Å². The number of fused-ring (bicyclic) bond motifs is 3. The van der Waals surface area contributed by atoms with E-state index in [0.717, 1.165) is 21.8 Å². The molecule has 2 aromatic heterocycles. The molecule has 0 spiro atoms. The molecule has 156 valence electrons. The molecular weight excluding hydrogens is 455 g/mol. The van der Waals surface area contributed by atoms with Gasteiger partial charge in [-0.3, -0.25) is 9.97 Å². The number of rotatable bonds is 2. The Labute approximate surface area is 159 Å². The van der Waals surface area contributed by atoms with E-state index in [1.54, 1.807) is 12.4 Å². The zero-order valence-electron chi connectivity index (χ0n) is 13.2. The molecule has 0 aliphatic carbocycles. The van der Waals surface area contributed by atoms with Gasteiger partial charge in [0, 0.05) is 23.2 Å². The maximum absolute atomic E-state index is 11.9. The summed E-state index contributed by atoms with van der Waals surface area (Å²) in [5, 5.41) is 2.28. The molecule has 0 fully saturated rings. The average Bonchev–Trinajstić information content (AvgIpc) is 2.60. The van der Waals surface area contributed by atoms with E-state index in [-0.39, 0.29) is 0 Å². The molecular formula is C16H8CuF9N2. The van der Waals surface area contributed by atoms with Crippen LogP contribution in [0, 0.1) is 0 Å². The second-order valence-corrected chi connectivity index (χ2v) is 5.90. The summed E-state index contributed by atoms with van der Waals surface area (Å²) in [6.07, 6.45) is -3.19. The molecule has 2 heterocycles. The smallest absolute Gasteiger partial charge is 0.0964 e. The van der Waals surface area contributed by atoms with E-state index in [9.17, 15) is 39.5 Å². The van der Waals surface area contributed by atoms with Crippen molar-refractivity contribution in [2.75, 3.05) is 0 Å². The molecule has 0 aliphatic rings. The fraction of sp³-hybridized carbons (Fsp3) is 0.250. The summed E-state index contributed by atoms with van der Waals surface area (Å²) >= 11 is 2.74. The number of halogens is 9. The summed E-state index contributed by atoms with van der Waals surface area (Å²) in [5.74, 6) is -13.5. The molecule has 0 aliphatic heterocycles. The molecule has 0 radical (unpaired) electrons. The molecule has 0 atom stereocenters. The second kappa shape index (κ2) is 7.40. The number of hydrogen-bond acceptors (Lipinski definition) is 2. The van der Waals surface area contributed by atoms with Crippen molar-refractivity contribution in [2.24, 2.45) is 0 Å². The Morgan fingerprint density at radius 2 is 1.00 bits per heavy atom. The monoisotopic (exact) mass is 462 g/mol. The van der Waals surface area contributed by atoms with Crippen LogP contribution in [-0.2, 0) is 16.0 Å². The van der Waals surface area contributed by atoms with Crippen molar-refractivity contribution in [2.45, 2.75) is 22.8 Å². The predicted molar refractivity (Wildman–Crippen MR) is 77.9 cm³/mol. The van der Waals surface area contributed by atoms with Crippen LogP contribution < -0.4 is 0 Å². The number of nitrogens with zero attached hydrogens (tertiary/aromatic N) is 2. The minimum absolute atomic E-state index is 0.977. The van der Waals surface area contributed by atoms with Gasteiger partial charge in [-0.1, -0.05) is 24.3 Å². The maximum atomic E-state index is 11.9. The molecule has 0 amide bonds. The first-order valence-corrected chi connectivity index (χ1v) is 7.61. The van der Waals surface area contributed by atoms with Gasteiger partial charge < -0.3 is 0 Å². The van der Waals surface area contributed by atoms with E-state index in [1.807, 2.05) is 12.1 Å². The molecule has 2 nitrogen and oxygen atoms in total. The summed E-state index contributed by atoms with van der Waals surface area (Å²) in [4.78, 5) is 2.79. The van der Waals surface area contributed by atoms with Crippen LogP contribution >= 0.6 is 0 Å². The molecule has 0 unspecified atom stereocenters. The molecule has 1 aromatic carbocycles. The first kappa shape index (κ1) is 22.2. The summed E-state index contributed by atoms with van der Waals surface area (Å²) in [5.41, 5.74) is 1.95. The summed E-state index contributed by atoms with van der Waals surface area (Å²) < 4.78 is 104. The third kappa shape index (κ3) is 4.02. The SMILES string of the molecule is FC(F)(F)C(F)(F)C(F)(F)[C](F)(F)[Cu].c1cnc2c(c1)ccc1cccnc12. The molecule has 0 bridgehead atoms. The normalized spacial score (nSPS) is 13.4. The van der Waals surface area contributed by atoms with Crippen molar-refractivity contribution in [1.82, 2.24) is 9.97 Å². The van der Waals surface area contributed by atoms with Crippen LogP contribution in [0.1, 0.15) is 0 Å². The van der Waals surface area contributed by atoms with Crippen LogP contribution in [0.5, 0.6) is 0 Å². The van der Waals surface area contributed by atoms with Gasteiger partial charge in [-0.15, -0.1) is 0 Å². The van der Waals surface area contributed by atoms with Crippen molar-refractivity contribution < 1.29 is 55.5 Å². The van der Waals surface area contributed by atoms with Crippen molar-refractivity contribution in [3.05, 3.63) is 48.8 Å². The summed E-state index contributed by atoms with van der Waals surface area (Å²) in [6.45, 7) is 0. The van der Waals surface area contributed by atoms with Gasteiger partial charge in [0.25, 0.3) is 0 Å². The van der Waals surface area contributed by atoms with Gasteiger partial charge in [0.15, 0.2) is 0 Å². The Bertz CT molecular complexity index is 889. The quantitative estimate of drug-likeness (QED) is 0.276. The van der Waals surface area contributed by atoms with E-state index in [2.05, 4.69) is 50.2 Å². The number of hydrogen-bond donors (Lipinski definition) is 0. The third-order valence-electron chi connectivity index (χ3n) is 3.43. The fourth-order valence-electron chi connectivity index (χ4n) is 2.02. The molecule has 0 saturated heterocycles. The van der Waals surface area contributed by atoms with Crippen molar-refractivity contribution in [3.8, 4) is 0 Å². The first-order valence-electron chi connectivity index (χ1n) is 7.14. The van der Waals surface area contributed by atoms with E-state index in [0.29, 0.717) is 0 Å². The van der Waals surface area contributed by atoms with Gasteiger partial charge >= 0.3 is 78.4 Å². The largest absolute Gasteiger partial charge is 0.254 e. The van der Waals surface area contributed by atoms with Gasteiger partial charge in [0.1, 0.15) is 0 Å². The second-order valence-electron chi connectivity index (χ2n) is 5.31. The van der Waals surface area contributed by atoms with Gasteiger partial charge in [-0.05, 0) is 12.1 Å². The van der Waals surface area contributed by atoms with Crippen LogP contribution in [-0.4, -0.2) is 32.8 Å². The maximum Gasteiger partial charge on any atom is 0.0964 e. The first-order chi connectivity index (χ1) is 12.7. The summed E-state index contributed by atoms with van der Waals surface area (Å²) in [7, 11) is 0. The van der Waals surface area contributed by atoms with Gasteiger partial charge in [0.05, 0.1) is 11.0 Å². The van der Waals surface area contributed by atoms with Crippen LogP contribution in [0.25, 0.3) is 21.8 Å². The van der Waals surface area contributed by atoms with E-state index in [1.165, 1.54) is 0 Å². The number of pyridine rings is 2. The predicted octanol–water partition coefficient (Wildman–Crippen LogP) is 5.74. The van der Waals surface area contributed by atoms with Crippen LogP contribution in [0.3, 0.4) is 0 Å². The van der Waals surface area contributed by atoms with Crippen molar-refractivity contribution in [3.63, 3.8) is 0 Å². The standard InChI is InChI=1S/C12H8N2.C4F9.Cu/c1-3-9-5-6-10-4-2-8-14-12(10)11(9)13-7-1;5-1(6)2(7,8)3(9,10)4(11,12)13;/h1-8H;;. The minimum Gasteiger partial charge on any atom is -0.254 e. The number of aromatic nitrogens is 2. The molecule has 0 N–H and O–H groups in total. The van der Waals surface area contributed by atoms with Crippen LogP contribution in [0.4, 0.5) is 39.5 Å². The van der Waals surface area contributed by atoms with Crippen molar-refractivity contribution >= 4 is 21.8 Å². The Kier molecular flexibility index (Phi) is 5.87. The Morgan fingerprint density at radius 1 is 0.607 bits per heavy atom. The fourth-order valence-corrected chi connectivity index (χ4v) is 2.17.